The number of hydrogen-bond acceptors (Lipinski definition) is 5. The van der Waals surface area contributed by atoms with Crippen LogP contribution in [0.3, 0.4) is 0 Å². The molecule has 40 heavy (non-hydrogen) atoms. The lowest BCUT2D eigenvalue weighted by molar-refractivity contribution is -0.123. The number of benzene rings is 4. The predicted molar refractivity (Wildman–Crippen MR) is 157 cm³/mol. The molecule has 0 spiro atoms. The van der Waals surface area contributed by atoms with Gasteiger partial charge in [-0.1, -0.05) is 53.6 Å². The fourth-order valence-corrected chi connectivity index (χ4v) is 5.60. The van der Waals surface area contributed by atoms with Gasteiger partial charge in [-0.3, -0.25) is 9.10 Å². The molecule has 0 saturated carbocycles. The Kier molecular flexibility index (Phi) is 9.34. The number of rotatable bonds is 11. The van der Waals surface area contributed by atoms with Gasteiger partial charge in [0.1, 0.15) is 11.5 Å². The Balaban J connectivity index is 1.46. The van der Waals surface area contributed by atoms with Crippen LogP contribution in [0.1, 0.15) is 29.7 Å². The van der Waals surface area contributed by atoms with Crippen LogP contribution in [0.4, 0.5) is 5.69 Å². The number of anilines is 1. The Bertz CT molecular complexity index is 1520. The molecule has 4 aromatic carbocycles. The van der Waals surface area contributed by atoms with E-state index in [-0.39, 0.29) is 30.0 Å². The molecule has 0 aromatic heterocycles. The van der Waals surface area contributed by atoms with Gasteiger partial charge in [0.2, 0.25) is 0 Å². The molecule has 9 heteroatoms. The Labute approximate surface area is 240 Å². The first kappa shape index (κ1) is 29.0. The molecule has 0 unspecified atom stereocenters. The molecule has 0 aliphatic heterocycles. The molecule has 4 aromatic rings. The van der Waals surface area contributed by atoms with E-state index >= 15 is 0 Å². The molecule has 0 saturated heterocycles. The fraction of sp³-hybridized carbons (Fsp3) is 0.194. The summed E-state index contributed by atoms with van der Waals surface area (Å²) in [7, 11) is -2.27. The van der Waals surface area contributed by atoms with Gasteiger partial charge in [0, 0.05) is 5.02 Å². The minimum Gasteiger partial charge on any atom is -0.497 e. The maximum atomic E-state index is 13.7. The first-order chi connectivity index (χ1) is 19.2. The quantitative estimate of drug-likeness (QED) is 0.225. The number of nitrogens with zero attached hydrogens (tertiary/aromatic N) is 1. The van der Waals surface area contributed by atoms with Crippen LogP contribution in [-0.2, 0) is 21.4 Å². The molecule has 1 atom stereocenters. The van der Waals surface area contributed by atoms with E-state index in [1.54, 1.807) is 79.9 Å². The standard InChI is InChI=1S/C31H31ClN2O5S/c1-22-4-18-30(19-5-22)40(36,37)34(20-24-6-10-26(32)11-7-24)27-12-16-29(17-13-27)39-21-31(35)33-23(2)25-8-14-28(38-3)15-9-25/h4-19,23H,20-21H2,1-3H3,(H,33,35)/t23-/m0/s1. The molecule has 4 rings (SSSR count). The van der Waals surface area contributed by atoms with Crippen LogP contribution >= 0.6 is 11.6 Å². The highest BCUT2D eigenvalue weighted by Gasteiger charge is 2.25. The number of carbonyl (C=O) groups excluding carboxylic acids is 1. The minimum absolute atomic E-state index is 0.110. The number of sulfonamides is 1. The second-order valence-corrected chi connectivity index (χ2v) is 11.6. The average molecular weight is 579 g/mol. The number of methoxy groups -OCH3 is 1. The molecule has 208 valence electrons. The zero-order valence-corrected chi connectivity index (χ0v) is 24.1. The van der Waals surface area contributed by atoms with Crippen LogP contribution in [0, 0.1) is 6.92 Å². The number of nitrogens with one attached hydrogen (secondary N) is 1. The van der Waals surface area contributed by atoms with Crippen molar-refractivity contribution in [2.75, 3.05) is 18.0 Å². The lowest BCUT2D eigenvalue weighted by atomic mass is 10.1. The molecule has 0 fully saturated rings. The Morgan fingerprint density at radius 3 is 2.08 bits per heavy atom. The van der Waals surface area contributed by atoms with Gasteiger partial charge in [-0.15, -0.1) is 0 Å². The molecule has 1 N–H and O–H groups in total. The Morgan fingerprint density at radius 2 is 1.48 bits per heavy atom. The van der Waals surface area contributed by atoms with Gasteiger partial charge in [-0.2, -0.15) is 0 Å². The summed E-state index contributed by atoms with van der Waals surface area (Å²) in [5.41, 5.74) is 3.14. The zero-order valence-electron chi connectivity index (χ0n) is 22.5. The lowest BCUT2D eigenvalue weighted by Crippen LogP contribution is -2.31. The third-order valence-corrected chi connectivity index (χ3v) is 8.38. The SMILES string of the molecule is COc1ccc([C@H](C)NC(=O)COc2ccc(N(Cc3ccc(Cl)cc3)S(=O)(=O)c3ccc(C)cc3)cc2)cc1. The molecular weight excluding hydrogens is 548 g/mol. The molecule has 0 aliphatic rings. The van der Waals surface area contributed by atoms with E-state index in [0.717, 1.165) is 22.4 Å². The van der Waals surface area contributed by atoms with E-state index in [1.165, 1.54) is 4.31 Å². The van der Waals surface area contributed by atoms with E-state index in [2.05, 4.69) is 5.32 Å². The van der Waals surface area contributed by atoms with Gasteiger partial charge in [0.25, 0.3) is 15.9 Å². The van der Waals surface area contributed by atoms with E-state index in [9.17, 15) is 13.2 Å². The number of hydrogen-bond donors (Lipinski definition) is 1. The van der Waals surface area contributed by atoms with E-state index < -0.39 is 10.0 Å². The van der Waals surface area contributed by atoms with Crippen LogP contribution in [0.15, 0.2) is 102 Å². The number of carbonyl (C=O) groups is 1. The summed E-state index contributed by atoms with van der Waals surface area (Å²) in [6, 6.07) is 27.7. The van der Waals surface area contributed by atoms with Gasteiger partial charge in [0.15, 0.2) is 6.61 Å². The number of halogens is 1. The Hall–Kier alpha value is -4.01. The monoisotopic (exact) mass is 578 g/mol. The highest BCUT2D eigenvalue weighted by atomic mass is 35.5. The molecule has 0 radical (unpaired) electrons. The predicted octanol–water partition coefficient (Wildman–Crippen LogP) is 6.31. The minimum atomic E-state index is -3.87. The first-order valence-corrected chi connectivity index (χ1v) is 14.5. The van der Waals surface area contributed by atoms with E-state index in [4.69, 9.17) is 21.1 Å². The molecule has 0 aliphatic carbocycles. The van der Waals surface area contributed by atoms with Crippen molar-refractivity contribution in [3.8, 4) is 11.5 Å². The van der Waals surface area contributed by atoms with Gasteiger partial charge in [-0.05, 0) is 85.6 Å². The smallest absolute Gasteiger partial charge is 0.264 e. The van der Waals surface area contributed by atoms with Crippen LogP contribution in [0.5, 0.6) is 11.5 Å². The third-order valence-electron chi connectivity index (χ3n) is 6.34. The van der Waals surface area contributed by atoms with Crippen molar-refractivity contribution in [1.82, 2.24) is 5.32 Å². The van der Waals surface area contributed by atoms with Crippen LogP contribution in [-0.4, -0.2) is 28.0 Å². The summed E-state index contributed by atoms with van der Waals surface area (Å²) in [6.07, 6.45) is 0. The molecule has 0 bridgehead atoms. The van der Waals surface area contributed by atoms with Crippen molar-refractivity contribution >= 4 is 33.2 Å². The molecule has 0 heterocycles. The van der Waals surface area contributed by atoms with Gasteiger partial charge < -0.3 is 14.8 Å². The molecular formula is C31H31ClN2O5S. The topological polar surface area (TPSA) is 84.9 Å². The fourth-order valence-electron chi connectivity index (χ4n) is 4.02. The summed E-state index contributed by atoms with van der Waals surface area (Å²) in [4.78, 5) is 12.7. The number of aryl methyl sites for hydroxylation is 1. The largest absolute Gasteiger partial charge is 0.497 e. The summed E-state index contributed by atoms with van der Waals surface area (Å²) in [5.74, 6) is 0.904. The van der Waals surface area contributed by atoms with E-state index in [0.29, 0.717) is 16.5 Å². The highest BCUT2D eigenvalue weighted by Crippen LogP contribution is 2.28. The first-order valence-electron chi connectivity index (χ1n) is 12.7. The van der Waals surface area contributed by atoms with Gasteiger partial charge >= 0.3 is 0 Å². The lowest BCUT2D eigenvalue weighted by Gasteiger charge is -2.25. The van der Waals surface area contributed by atoms with Crippen LogP contribution in [0.25, 0.3) is 0 Å². The molecule has 1 amide bonds. The second kappa shape index (κ2) is 12.9. The van der Waals surface area contributed by atoms with Crippen molar-refractivity contribution in [1.29, 1.82) is 0 Å². The number of amides is 1. The number of ether oxygens (including phenoxy) is 2. The van der Waals surface area contributed by atoms with Crippen molar-refractivity contribution < 1.29 is 22.7 Å². The van der Waals surface area contributed by atoms with Crippen molar-refractivity contribution in [3.05, 3.63) is 119 Å². The maximum Gasteiger partial charge on any atom is 0.264 e. The Morgan fingerprint density at radius 1 is 0.875 bits per heavy atom. The average Bonchev–Trinajstić information content (AvgIpc) is 2.96. The second-order valence-electron chi connectivity index (χ2n) is 9.30. The van der Waals surface area contributed by atoms with Crippen molar-refractivity contribution in [3.63, 3.8) is 0 Å². The third kappa shape index (κ3) is 7.34. The van der Waals surface area contributed by atoms with Crippen LogP contribution in [0.2, 0.25) is 5.02 Å². The highest BCUT2D eigenvalue weighted by molar-refractivity contribution is 7.92. The summed E-state index contributed by atoms with van der Waals surface area (Å²) in [5, 5.41) is 3.48. The van der Waals surface area contributed by atoms with Crippen LogP contribution < -0.4 is 19.1 Å². The summed E-state index contributed by atoms with van der Waals surface area (Å²) in [6.45, 7) is 3.72. The zero-order chi connectivity index (χ0) is 28.7. The van der Waals surface area contributed by atoms with Crippen molar-refractivity contribution in [2.45, 2.75) is 31.3 Å². The van der Waals surface area contributed by atoms with E-state index in [1.807, 2.05) is 38.1 Å². The van der Waals surface area contributed by atoms with Crippen molar-refractivity contribution in [2.24, 2.45) is 0 Å². The van der Waals surface area contributed by atoms with Gasteiger partial charge in [-0.25, -0.2) is 8.42 Å². The maximum absolute atomic E-state index is 13.7. The van der Waals surface area contributed by atoms with Gasteiger partial charge in [0.05, 0.1) is 30.3 Å². The summed E-state index contributed by atoms with van der Waals surface area (Å²) < 4.78 is 39.5. The normalized spacial score (nSPS) is 11.9. The molecule has 7 nitrogen and oxygen atoms in total. The summed E-state index contributed by atoms with van der Waals surface area (Å²) >= 11 is 6.03.